The lowest BCUT2D eigenvalue weighted by Crippen LogP contribution is -2.52. The topological polar surface area (TPSA) is 43.9 Å². The molecule has 33 heavy (non-hydrogen) atoms. The van der Waals surface area contributed by atoms with Crippen molar-refractivity contribution >= 4 is 28.3 Å². The Morgan fingerprint density at radius 2 is 1.39 bits per heavy atom. The van der Waals surface area contributed by atoms with E-state index in [-0.39, 0.29) is 23.5 Å². The second kappa shape index (κ2) is 9.22. The van der Waals surface area contributed by atoms with Gasteiger partial charge in [-0.25, -0.2) is 4.39 Å². The number of piperazine rings is 1. The molecule has 2 fully saturated rings. The number of benzene rings is 3. The number of piperidine rings is 1. The lowest BCUT2D eigenvalue weighted by Gasteiger charge is -2.39. The van der Waals surface area contributed by atoms with Crippen molar-refractivity contribution in [3.63, 3.8) is 0 Å². The van der Waals surface area contributed by atoms with Crippen LogP contribution in [-0.2, 0) is 4.79 Å². The quantitative estimate of drug-likeness (QED) is 0.608. The fraction of sp³-hybridized carbons (Fsp3) is 0.333. The second-order valence-corrected chi connectivity index (χ2v) is 8.86. The number of carbonyl (C=O) groups excluding carboxylic acids is 2. The highest BCUT2D eigenvalue weighted by atomic mass is 19.1. The summed E-state index contributed by atoms with van der Waals surface area (Å²) < 4.78 is 14.1. The number of hydrogen-bond donors (Lipinski definition) is 0. The first-order chi connectivity index (χ1) is 16.1. The maximum absolute atomic E-state index is 14.1. The highest BCUT2D eigenvalue weighted by Gasteiger charge is 2.32. The van der Waals surface area contributed by atoms with E-state index in [2.05, 4.69) is 0 Å². The van der Waals surface area contributed by atoms with Gasteiger partial charge in [0.25, 0.3) is 5.91 Å². The van der Waals surface area contributed by atoms with E-state index in [1.54, 1.807) is 12.1 Å². The number of amides is 2. The SMILES string of the molecule is O=C(c1cccc2ccccc12)N1CCC(C(=O)N2CCN(c3ccccc3F)CC2)CC1. The molecule has 0 saturated carbocycles. The van der Waals surface area contributed by atoms with Gasteiger partial charge in [0.2, 0.25) is 5.91 Å². The van der Waals surface area contributed by atoms with Crippen molar-refractivity contribution in [1.29, 1.82) is 0 Å². The van der Waals surface area contributed by atoms with Crippen molar-refractivity contribution in [2.24, 2.45) is 5.92 Å². The van der Waals surface area contributed by atoms with Gasteiger partial charge >= 0.3 is 0 Å². The molecule has 3 aromatic rings. The summed E-state index contributed by atoms with van der Waals surface area (Å²) in [7, 11) is 0. The van der Waals surface area contributed by atoms with E-state index in [0.29, 0.717) is 57.8 Å². The number of likely N-dealkylation sites (tertiary alicyclic amines) is 1. The number of halogens is 1. The molecular weight excluding hydrogens is 417 g/mol. The summed E-state index contributed by atoms with van der Waals surface area (Å²) in [6.07, 6.45) is 1.37. The van der Waals surface area contributed by atoms with Crippen LogP contribution in [0.1, 0.15) is 23.2 Å². The van der Waals surface area contributed by atoms with Crippen LogP contribution in [0.2, 0.25) is 0 Å². The van der Waals surface area contributed by atoms with E-state index in [0.717, 1.165) is 16.3 Å². The smallest absolute Gasteiger partial charge is 0.254 e. The number of carbonyl (C=O) groups is 2. The van der Waals surface area contributed by atoms with E-state index in [9.17, 15) is 14.0 Å². The molecule has 0 atom stereocenters. The monoisotopic (exact) mass is 445 g/mol. The Kier molecular flexibility index (Phi) is 5.99. The van der Waals surface area contributed by atoms with Crippen molar-refractivity contribution in [2.75, 3.05) is 44.2 Å². The maximum atomic E-state index is 14.1. The molecule has 5 nitrogen and oxygen atoms in total. The molecule has 0 aromatic heterocycles. The molecule has 0 bridgehead atoms. The minimum absolute atomic E-state index is 0.0381. The van der Waals surface area contributed by atoms with Crippen LogP contribution >= 0.6 is 0 Å². The molecule has 0 aliphatic carbocycles. The molecule has 0 radical (unpaired) electrons. The van der Waals surface area contributed by atoms with Crippen LogP contribution in [0.4, 0.5) is 10.1 Å². The Morgan fingerprint density at radius 3 is 2.15 bits per heavy atom. The number of nitrogens with zero attached hydrogens (tertiary/aromatic N) is 3. The highest BCUT2D eigenvalue weighted by Crippen LogP contribution is 2.26. The van der Waals surface area contributed by atoms with Gasteiger partial charge in [-0.05, 0) is 41.8 Å². The molecule has 0 N–H and O–H groups in total. The summed E-state index contributed by atoms with van der Waals surface area (Å²) >= 11 is 0. The lowest BCUT2D eigenvalue weighted by atomic mass is 9.94. The maximum Gasteiger partial charge on any atom is 0.254 e. The van der Waals surface area contributed by atoms with Crippen molar-refractivity contribution in [3.05, 3.63) is 78.1 Å². The number of fused-ring (bicyclic) bond motifs is 1. The van der Waals surface area contributed by atoms with Crippen LogP contribution in [0.15, 0.2) is 66.7 Å². The highest BCUT2D eigenvalue weighted by molar-refractivity contribution is 6.07. The molecule has 2 heterocycles. The average molecular weight is 446 g/mol. The number of anilines is 1. The summed E-state index contributed by atoms with van der Waals surface area (Å²) in [6.45, 7) is 3.64. The zero-order chi connectivity index (χ0) is 22.8. The van der Waals surface area contributed by atoms with Crippen LogP contribution < -0.4 is 4.90 Å². The Morgan fingerprint density at radius 1 is 0.727 bits per heavy atom. The van der Waals surface area contributed by atoms with E-state index in [1.165, 1.54) is 6.07 Å². The third kappa shape index (κ3) is 4.30. The minimum Gasteiger partial charge on any atom is -0.366 e. The molecule has 2 saturated heterocycles. The molecule has 170 valence electrons. The van der Waals surface area contributed by atoms with Crippen molar-refractivity contribution in [1.82, 2.24) is 9.80 Å². The molecule has 6 heteroatoms. The number of hydrogen-bond acceptors (Lipinski definition) is 3. The number of para-hydroxylation sites is 1. The lowest BCUT2D eigenvalue weighted by molar-refractivity contribution is -0.137. The van der Waals surface area contributed by atoms with Gasteiger partial charge < -0.3 is 14.7 Å². The fourth-order valence-electron chi connectivity index (χ4n) is 5.05. The van der Waals surface area contributed by atoms with Crippen LogP contribution in [0.25, 0.3) is 10.8 Å². The van der Waals surface area contributed by atoms with Crippen molar-refractivity contribution in [2.45, 2.75) is 12.8 Å². The van der Waals surface area contributed by atoms with Gasteiger partial charge in [-0.3, -0.25) is 9.59 Å². The molecule has 0 unspecified atom stereocenters. The molecule has 5 rings (SSSR count). The van der Waals surface area contributed by atoms with E-state index < -0.39 is 0 Å². The first-order valence-electron chi connectivity index (χ1n) is 11.7. The van der Waals surface area contributed by atoms with Crippen LogP contribution in [0, 0.1) is 11.7 Å². The van der Waals surface area contributed by atoms with Crippen molar-refractivity contribution < 1.29 is 14.0 Å². The Balaban J connectivity index is 1.17. The third-order valence-electron chi connectivity index (χ3n) is 6.94. The Bertz CT molecular complexity index is 1160. The fourth-order valence-corrected chi connectivity index (χ4v) is 5.05. The Hall–Kier alpha value is -3.41. The van der Waals surface area contributed by atoms with E-state index in [4.69, 9.17) is 0 Å². The van der Waals surface area contributed by atoms with Crippen LogP contribution in [0.3, 0.4) is 0 Å². The predicted molar refractivity (Wildman–Crippen MR) is 128 cm³/mol. The summed E-state index contributed by atoms with van der Waals surface area (Å²) in [5.74, 6) is -0.0706. The van der Waals surface area contributed by atoms with Crippen molar-refractivity contribution in [3.8, 4) is 0 Å². The largest absolute Gasteiger partial charge is 0.366 e. The predicted octanol–water partition coefficient (Wildman–Crippen LogP) is 4.18. The molecule has 0 spiro atoms. The van der Waals surface area contributed by atoms with Gasteiger partial charge in [-0.2, -0.15) is 0 Å². The Labute approximate surface area is 193 Å². The summed E-state index contributed by atoms with van der Waals surface area (Å²) in [5, 5.41) is 2.03. The molecule has 3 aromatic carbocycles. The standard InChI is InChI=1S/C27H28FN3O2/c28-24-10-3-4-11-25(24)29-16-18-31(19-17-29)26(32)21-12-14-30(15-13-21)27(33)23-9-5-7-20-6-1-2-8-22(20)23/h1-11,21H,12-19H2. The molecular formula is C27H28FN3O2. The molecule has 2 amide bonds. The first-order valence-corrected chi connectivity index (χ1v) is 11.7. The zero-order valence-electron chi connectivity index (χ0n) is 18.6. The van der Waals surface area contributed by atoms with E-state index in [1.807, 2.05) is 63.2 Å². The second-order valence-electron chi connectivity index (χ2n) is 8.86. The summed E-state index contributed by atoms with van der Waals surface area (Å²) in [4.78, 5) is 32.1. The van der Waals surface area contributed by atoms with Crippen LogP contribution in [-0.4, -0.2) is 60.9 Å². The first kappa shape index (κ1) is 21.4. The third-order valence-corrected chi connectivity index (χ3v) is 6.94. The van der Waals surface area contributed by atoms with E-state index >= 15 is 0 Å². The summed E-state index contributed by atoms with van der Waals surface area (Å²) in [6, 6.07) is 20.5. The van der Waals surface area contributed by atoms with Crippen LogP contribution in [0.5, 0.6) is 0 Å². The van der Waals surface area contributed by atoms with Gasteiger partial charge in [0.15, 0.2) is 0 Å². The number of rotatable bonds is 3. The normalized spacial score (nSPS) is 17.4. The minimum atomic E-state index is -0.222. The zero-order valence-corrected chi connectivity index (χ0v) is 18.6. The van der Waals surface area contributed by atoms with Gasteiger partial charge in [0.05, 0.1) is 5.69 Å². The van der Waals surface area contributed by atoms with Gasteiger partial charge in [0, 0.05) is 50.7 Å². The van der Waals surface area contributed by atoms with Gasteiger partial charge in [-0.15, -0.1) is 0 Å². The summed E-state index contributed by atoms with van der Waals surface area (Å²) in [5.41, 5.74) is 1.33. The van der Waals surface area contributed by atoms with Gasteiger partial charge in [0.1, 0.15) is 5.82 Å². The average Bonchev–Trinajstić information content (AvgIpc) is 2.88. The molecule has 2 aliphatic rings. The van der Waals surface area contributed by atoms with Gasteiger partial charge in [-0.1, -0.05) is 48.5 Å². The molecule has 2 aliphatic heterocycles.